The summed E-state index contributed by atoms with van der Waals surface area (Å²) in [5.74, 6) is 0.320. The van der Waals surface area contributed by atoms with Crippen LogP contribution in [0.3, 0.4) is 0 Å². The number of hydrogen-bond acceptors (Lipinski definition) is 1. The van der Waals surface area contributed by atoms with Crippen LogP contribution < -0.4 is 0 Å². The summed E-state index contributed by atoms with van der Waals surface area (Å²) in [5.41, 5.74) is 0.945. The van der Waals surface area contributed by atoms with Crippen LogP contribution >= 0.6 is 0 Å². The van der Waals surface area contributed by atoms with Crippen molar-refractivity contribution in [3.63, 3.8) is 0 Å². The van der Waals surface area contributed by atoms with Crippen molar-refractivity contribution in [3.8, 4) is 0 Å². The lowest BCUT2D eigenvalue weighted by molar-refractivity contribution is -0.156. The van der Waals surface area contributed by atoms with E-state index in [4.69, 9.17) is 0 Å². The largest absolute Gasteiger partial charge is 0.481 e. The third kappa shape index (κ3) is 1.29. The summed E-state index contributed by atoms with van der Waals surface area (Å²) in [6.07, 6.45) is 3.92. The van der Waals surface area contributed by atoms with Gasteiger partial charge < -0.3 is 5.11 Å². The molecule has 2 nitrogen and oxygen atoms in total. The highest BCUT2D eigenvalue weighted by molar-refractivity contribution is 5.77. The van der Waals surface area contributed by atoms with Gasteiger partial charge in [0.15, 0.2) is 0 Å². The van der Waals surface area contributed by atoms with Crippen molar-refractivity contribution in [3.05, 3.63) is 35.9 Å². The second-order valence-electron chi connectivity index (χ2n) is 5.17. The number of benzene rings is 1. The van der Waals surface area contributed by atoms with Gasteiger partial charge in [-0.25, -0.2) is 0 Å². The number of rotatable bonds is 3. The predicted molar refractivity (Wildman–Crippen MR) is 61.2 cm³/mol. The molecule has 1 N–H and O–H groups in total. The molecule has 2 fully saturated rings. The molecule has 2 unspecified atom stereocenters. The molecule has 1 aromatic carbocycles. The van der Waals surface area contributed by atoms with E-state index < -0.39 is 5.97 Å². The Kier molecular flexibility index (Phi) is 2.06. The van der Waals surface area contributed by atoms with Crippen molar-refractivity contribution in [2.24, 2.45) is 11.3 Å². The van der Waals surface area contributed by atoms with E-state index >= 15 is 0 Å². The maximum atomic E-state index is 11.4. The Balaban J connectivity index is 1.79. The molecule has 0 saturated heterocycles. The first-order chi connectivity index (χ1) is 7.74. The zero-order valence-electron chi connectivity index (χ0n) is 9.23. The van der Waals surface area contributed by atoms with E-state index in [0.29, 0.717) is 11.8 Å². The topological polar surface area (TPSA) is 37.3 Å². The first-order valence-corrected chi connectivity index (χ1v) is 6.02. The molecule has 2 atom stereocenters. The predicted octanol–water partition coefficient (Wildman–Crippen LogP) is 3.05. The van der Waals surface area contributed by atoms with Crippen molar-refractivity contribution >= 4 is 5.97 Å². The summed E-state index contributed by atoms with van der Waals surface area (Å²) in [4.78, 5) is 11.4. The number of carboxylic acids is 1. The van der Waals surface area contributed by atoms with E-state index in [9.17, 15) is 9.90 Å². The Bertz CT molecular complexity index is 406. The SMILES string of the molecule is O=C(O)C1(C2CC2c2ccccc2)CCC1. The lowest BCUT2D eigenvalue weighted by Gasteiger charge is -2.38. The van der Waals surface area contributed by atoms with Crippen LogP contribution in [0.5, 0.6) is 0 Å². The summed E-state index contributed by atoms with van der Waals surface area (Å²) >= 11 is 0. The number of carboxylic acid groups (broad SMARTS) is 1. The molecule has 3 rings (SSSR count). The highest BCUT2D eigenvalue weighted by Gasteiger charge is 2.60. The van der Waals surface area contributed by atoms with Gasteiger partial charge in [0.1, 0.15) is 0 Å². The van der Waals surface area contributed by atoms with Crippen LogP contribution in [0.25, 0.3) is 0 Å². The van der Waals surface area contributed by atoms with Gasteiger partial charge in [-0.1, -0.05) is 36.8 Å². The zero-order valence-corrected chi connectivity index (χ0v) is 9.23. The van der Waals surface area contributed by atoms with Gasteiger partial charge in [-0.3, -0.25) is 4.79 Å². The summed E-state index contributed by atoms with van der Waals surface area (Å²) < 4.78 is 0. The normalized spacial score (nSPS) is 30.5. The number of carbonyl (C=O) groups is 1. The zero-order chi connectivity index (χ0) is 11.2. The van der Waals surface area contributed by atoms with Crippen LogP contribution in [0.1, 0.15) is 37.2 Å². The van der Waals surface area contributed by atoms with E-state index in [2.05, 4.69) is 12.1 Å². The van der Waals surface area contributed by atoms with E-state index in [1.165, 1.54) is 5.56 Å². The fourth-order valence-corrected chi connectivity index (χ4v) is 3.18. The Morgan fingerprint density at radius 1 is 1.25 bits per heavy atom. The molecule has 0 spiro atoms. The average molecular weight is 216 g/mol. The first-order valence-electron chi connectivity index (χ1n) is 6.02. The molecular formula is C14H16O2. The lowest BCUT2D eigenvalue weighted by atomic mass is 9.64. The molecule has 84 valence electrons. The maximum absolute atomic E-state index is 11.4. The lowest BCUT2D eigenvalue weighted by Crippen LogP contribution is -2.40. The van der Waals surface area contributed by atoms with Gasteiger partial charge >= 0.3 is 5.97 Å². The van der Waals surface area contributed by atoms with Crippen molar-refractivity contribution in [2.75, 3.05) is 0 Å². The molecule has 0 aliphatic heterocycles. The summed E-state index contributed by atoms with van der Waals surface area (Å²) in [6.45, 7) is 0. The summed E-state index contributed by atoms with van der Waals surface area (Å²) in [7, 11) is 0. The van der Waals surface area contributed by atoms with Crippen LogP contribution in [-0.4, -0.2) is 11.1 Å². The smallest absolute Gasteiger partial charge is 0.309 e. The molecule has 0 aromatic heterocycles. The Morgan fingerprint density at radius 3 is 2.44 bits per heavy atom. The van der Waals surface area contributed by atoms with Crippen LogP contribution in [0.15, 0.2) is 30.3 Å². The average Bonchev–Trinajstić information content (AvgIpc) is 2.97. The van der Waals surface area contributed by atoms with Crippen molar-refractivity contribution in [2.45, 2.75) is 31.6 Å². The van der Waals surface area contributed by atoms with Crippen molar-refractivity contribution in [1.29, 1.82) is 0 Å². The standard InChI is InChI=1S/C14H16O2/c15-13(16)14(7-4-8-14)12-9-11(12)10-5-2-1-3-6-10/h1-3,5-6,11-12H,4,7-9H2,(H,15,16). The molecule has 1 aromatic rings. The molecular weight excluding hydrogens is 200 g/mol. The molecule has 2 aliphatic rings. The fraction of sp³-hybridized carbons (Fsp3) is 0.500. The molecule has 0 heterocycles. The Hall–Kier alpha value is -1.31. The van der Waals surface area contributed by atoms with Gasteiger partial charge in [-0.05, 0) is 36.7 Å². The van der Waals surface area contributed by atoms with Crippen molar-refractivity contribution < 1.29 is 9.90 Å². The van der Waals surface area contributed by atoms with E-state index in [-0.39, 0.29) is 5.41 Å². The molecule has 0 bridgehead atoms. The molecule has 2 heteroatoms. The minimum Gasteiger partial charge on any atom is -0.481 e. The number of aliphatic carboxylic acids is 1. The number of hydrogen-bond donors (Lipinski definition) is 1. The molecule has 0 radical (unpaired) electrons. The van der Waals surface area contributed by atoms with Crippen molar-refractivity contribution in [1.82, 2.24) is 0 Å². The van der Waals surface area contributed by atoms with Gasteiger partial charge in [-0.15, -0.1) is 0 Å². The minimum atomic E-state index is -0.567. The second-order valence-corrected chi connectivity index (χ2v) is 5.17. The first kappa shape index (κ1) is 9.88. The third-order valence-electron chi connectivity index (χ3n) is 4.40. The van der Waals surface area contributed by atoms with Crippen LogP contribution in [0, 0.1) is 11.3 Å². The molecule has 2 saturated carbocycles. The van der Waals surface area contributed by atoms with E-state index in [1.807, 2.05) is 18.2 Å². The van der Waals surface area contributed by atoms with E-state index in [0.717, 1.165) is 25.7 Å². The molecule has 2 aliphatic carbocycles. The minimum absolute atomic E-state index is 0.374. The summed E-state index contributed by atoms with van der Waals surface area (Å²) in [6, 6.07) is 10.3. The molecule has 0 amide bonds. The summed E-state index contributed by atoms with van der Waals surface area (Å²) in [5, 5.41) is 9.36. The van der Waals surface area contributed by atoms with Gasteiger partial charge in [0, 0.05) is 0 Å². The highest BCUT2D eigenvalue weighted by Crippen LogP contribution is 2.64. The Labute approximate surface area is 95.3 Å². The van der Waals surface area contributed by atoms with Gasteiger partial charge in [0.25, 0.3) is 0 Å². The van der Waals surface area contributed by atoms with Crippen LogP contribution in [-0.2, 0) is 4.79 Å². The monoisotopic (exact) mass is 216 g/mol. The van der Waals surface area contributed by atoms with Gasteiger partial charge in [0.2, 0.25) is 0 Å². The quantitative estimate of drug-likeness (QED) is 0.843. The maximum Gasteiger partial charge on any atom is 0.309 e. The third-order valence-corrected chi connectivity index (χ3v) is 4.40. The Morgan fingerprint density at radius 2 is 1.94 bits per heavy atom. The fourth-order valence-electron chi connectivity index (χ4n) is 3.18. The van der Waals surface area contributed by atoms with Crippen LogP contribution in [0.4, 0.5) is 0 Å². The van der Waals surface area contributed by atoms with E-state index in [1.54, 1.807) is 0 Å². The van der Waals surface area contributed by atoms with Gasteiger partial charge in [0.05, 0.1) is 5.41 Å². The van der Waals surface area contributed by atoms with Gasteiger partial charge in [-0.2, -0.15) is 0 Å². The molecule has 16 heavy (non-hydrogen) atoms. The second kappa shape index (κ2) is 3.34. The van der Waals surface area contributed by atoms with Crippen LogP contribution in [0.2, 0.25) is 0 Å². The highest BCUT2D eigenvalue weighted by atomic mass is 16.4.